The molecule has 202 valence electrons. The van der Waals surface area contributed by atoms with E-state index >= 15 is 0 Å². The molecule has 9 nitrogen and oxygen atoms in total. The molecule has 0 aromatic carbocycles. The van der Waals surface area contributed by atoms with Crippen molar-refractivity contribution in [1.82, 2.24) is 19.5 Å². The van der Waals surface area contributed by atoms with E-state index in [1.807, 2.05) is 26.0 Å². The van der Waals surface area contributed by atoms with Gasteiger partial charge < -0.3 is 15.4 Å². The fourth-order valence-corrected chi connectivity index (χ4v) is 4.19. The number of hydrogen-bond acceptors (Lipinski definition) is 7. The van der Waals surface area contributed by atoms with Gasteiger partial charge in [-0.25, -0.2) is 9.97 Å². The summed E-state index contributed by atoms with van der Waals surface area (Å²) in [6.45, 7) is 9.12. The fraction of sp³-hybridized carbons (Fsp3) is 0.276. The number of likely N-dealkylation sites (N-methyl/N-ethyl adjacent to an activating group) is 1. The SMILES string of the molecule is C=CC(=O)N(C)c1cncc(-c2cnc3c(c2)c(-c2ccnc(F)c2)cn3C(C)OC(=O)[C@@H](N)[C@@H](C)CC)c1. The summed E-state index contributed by atoms with van der Waals surface area (Å²) in [6, 6.07) is 6.00. The van der Waals surface area contributed by atoms with Crippen molar-refractivity contribution >= 4 is 28.6 Å². The van der Waals surface area contributed by atoms with Gasteiger partial charge in [-0.15, -0.1) is 0 Å². The van der Waals surface area contributed by atoms with E-state index in [0.29, 0.717) is 27.8 Å². The number of amides is 1. The van der Waals surface area contributed by atoms with E-state index in [0.717, 1.165) is 17.5 Å². The molecule has 0 radical (unpaired) electrons. The van der Waals surface area contributed by atoms with Gasteiger partial charge in [0.25, 0.3) is 0 Å². The second-order valence-corrected chi connectivity index (χ2v) is 9.39. The molecule has 1 unspecified atom stereocenters. The molecule has 39 heavy (non-hydrogen) atoms. The first-order chi connectivity index (χ1) is 18.6. The predicted octanol–water partition coefficient (Wildman–Crippen LogP) is 4.88. The van der Waals surface area contributed by atoms with Crippen LogP contribution in [-0.2, 0) is 14.3 Å². The molecule has 3 atom stereocenters. The van der Waals surface area contributed by atoms with Crippen LogP contribution >= 0.6 is 0 Å². The van der Waals surface area contributed by atoms with E-state index in [1.165, 1.54) is 23.2 Å². The van der Waals surface area contributed by atoms with Crippen molar-refractivity contribution in [2.24, 2.45) is 11.7 Å². The predicted molar refractivity (Wildman–Crippen MR) is 148 cm³/mol. The summed E-state index contributed by atoms with van der Waals surface area (Å²) >= 11 is 0. The van der Waals surface area contributed by atoms with Crippen molar-refractivity contribution in [2.45, 2.75) is 39.5 Å². The maximum absolute atomic E-state index is 14.1. The number of aromatic nitrogens is 4. The number of nitrogens with two attached hydrogens (primary N) is 1. The Labute approximate surface area is 226 Å². The van der Waals surface area contributed by atoms with Crippen molar-refractivity contribution in [3.8, 4) is 22.3 Å². The fourth-order valence-electron chi connectivity index (χ4n) is 4.19. The maximum atomic E-state index is 14.1. The number of halogens is 1. The van der Waals surface area contributed by atoms with Gasteiger partial charge in [-0.1, -0.05) is 26.8 Å². The van der Waals surface area contributed by atoms with Crippen molar-refractivity contribution in [2.75, 3.05) is 11.9 Å². The van der Waals surface area contributed by atoms with Crippen LogP contribution in [0.25, 0.3) is 33.3 Å². The topological polar surface area (TPSA) is 116 Å². The average molecular weight is 531 g/mol. The van der Waals surface area contributed by atoms with Gasteiger partial charge in [-0.05, 0) is 42.7 Å². The standard InChI is InChI=1S/C29H31FN6O3/c1-6-17(3)27(31)29(38)39-18(4)36-16-24(19-8-9-33-25(30)12-19)23-11-21(14-34-28(23)36)20-10-22(15-32-13-20)35(5)26(37)7-2/h7-18,27H,2,6,31H2,1,3-5H3/t17-,18?,27-/m0/s1. The zero-order chi connectivity index (χ0) is 28.3. The largest absolute Gasteiger partial charge is 0.440 e. The Morgan fingerprint density at radius 3 is 2.59 bits per heavy atom. The summed E-state index contributed by atoms with van der Waals surface area (Å²) in [7, 11) is 1.64. The van der Waals surface area contributed by atoms with Crippen molar-refractivity contribution < 1.29 is 18.7 Å². The molecular weight excluding hydrogens is 499 g/mol. The van der Waals surface area contributed by atoms with E-state index in [-0.39, 0.29) is 11.8 Å². The molecule has 4 heterocycles. The number of esters is 1. The van der Waals surface area contributed by atoms with Gasteiger partial charge in [-0.2, -0.15) is 4.39 Å². The molecular formula is C29H31FN6O3. The minimum Gasteiger partial charge on any atom is -0.440 e. The number of hydrogen-bond donors (Lipinski definition) is 1. The third-order valence-corrected chi connectivity index (χ3v) is 6.86. The van der Waals surface area contributed by atoms with E-state index < -0.39 is 24.2 Å². The molecule has 1 amide bonds. The molecule has 4 aromatic rings. The summed E-state index contributed by atoms with van der Waals surface area (Å²) in [5.41, 5.74) is 9.93. The smallest absolute Gasteiger partial charge is 0.325 e. The van der Waals surface area contributed by atoms with Gasteiger partial charge in [0.15, 0.2) is 6.23 Å². The Balaban J connectivity index is 1.80. The first-order valence-electron chi connectivity index (χ1n) is 12.6. The highest BCUT2D eigenvalue weighted by Crippen LogP contribution is 2.35. The third kappa shape index (κ3) is 5.70. The van der Waals surface area contributed by atoms with Gasteiger partial charge in [0.1, 0.15) is 11.7 Å². The molecule has 0 aliphatic heterocycles. The van der Waals surface area contributed by atoms with Gasteiger partial charge in [0.2, 0.25) is 11.9 Å². The van der Waals surface area contributed by atoms with Crippen LogP contribution in [0.4, 0.5) is 10.1 Å². The highest BCUT2D eigenvalue weighted by Gasteiger charge is 2.25. The van der Waals surface area contributed by atoms with Crippen LogP contribution in [0.15, 0.2) is 67.9 Å². The Bertz CT molecular complexity index is 1530. The van der Waals surface area contributed by atoms with Gasteiger partial charge >= 0.3 is 5.97 Å². The molecule has 4 rings (SSSR count). The number of carbonyl (C=O) groups excluding carboxylic acids is 2. The molecule has 0 saturated carbocycles. The van der Waals surface area contributed by atoms with Crippen LogP contribution in [-0.4, -0.2) is 44.5 Å². The zero-order valence-electron chi connectivity index (χ0n) is 22.3. The Kier molecular flexibility index (Phi) is 8.15. The number of carbonyl (C=O) groups is 2. The minimum atomic E-state index is -0.751. The summed E-state index contributed by atoms with van der Waals surface area (Å²) in [5.74, 6) is -1.43. The second kappa shape index (κ2) is 11.5. The maximum Gasteiger partial charge on any atom is 0.325 e. The molecule has 4 aromatic heterocycles. The van der Waals surface area contributed by atoms with Crippen LogP contribution in [0.3, 0.4) is 0 Å². The molecule has 0 spiro atoms. The lowest BCUT2D eigenvalue weighted by molar-refractivity contribution is -0.155. The average Bonchev–Trinajstić information content (AvgIpc) is 3.34. The number of pyridine rings is 3. The highest BCUT2D eigenvalue weighted by molar-refractivity contribution is 6.01. The van der Waals surface area contributed by atoms with Crippen LogP contribution < -0.4 is 10.6 Å². The molecule has 0 saturated heterocycles. The van der Waals surface area contributed by atoms with Crippen molar-refractivity contribution in [3.63, 3.8) is 0 Å². The molecule has 0 aliphatic rings. The number of anilines is 1. The van der Waals surface area contributed by atoms with Gasteiger partial charge in [-0.3, -0.25) is 19.1 Å². The quantitative estimate of drug-likeness (QED) is 0.186. The Morgan fingerprint density at radius 2 is 1.90 bits per heavy atom. The van der Waals surface area contributed by atoms with Crippen molar-refractivity contribution in [3.05, 3.63) is 73.9 Å². The van der Waals surface area contributed by atoms with E-state index in [9.17, 15) is 14.0 Å². The van der Waals surface area contributed by atoms with E-state index in [1.54, 1.807) is 49.4 Å². The zero-order valence-corrected chi connectivity index (χ0v) is 22.3. The van der Waals surface area contributed by atoms with Gasteiger partial charge in [0.05, 0.1) is 11.9 Å². The third-order valence-electron chi connectivity index (χ3n) is 6.86. The molecule has 0 aliphatic carbocycles. The number of ether oxygens (including phenoxy) is 1. The summed E-state index contributed by atoms with van der Waals surface area (Å²) in [6.07, 6.45) is 9.33. The highest BCUT2D eigenvalue weighted by atomic mass is 19.1. The van der Waals surface area contributed by atoms with E-state index in [2.05, 4.69) is 21.5 Å². The molecule has 0 fully saturated rings. The lowest BCUT2D eigenvalue weighted by Gasteiger charge is -2.21. The second-order valence-electron chi connectivity index (χ2n) is 9.39. The number of nitrogens with zero attached hydrogens (tertiary/aromatic N) is 5. The first-order valence-corrected chi connectivity index (χ1v) is 12.6. The normalized spacial score (nSPS) is 13.5. The summed E-state index contributed by atoms with van der Waals surface area (Å²) < 4.78 is 21.5. The molecule has 10 heteroatoms. The lowest BCUT2D eigenvalue weighted by atomic mass is 10.0. The van der Waals surface area contributed by atoms with Crippen LogP contribution in [0.5, 0.6) is 0 Å². The summed E-state index contributed by atoms with van der Waals surface area (Å²) in [5, 5.41) is 0.702. The molecule has 2 N–H and O–H groups in total. The Hall–Kier alpha value is -4.44. The minimum absolute atomic E-state index is 0.0349. The number of fused-ring (bicyclic) bond motifs is 1. The monoisotopic (exact) mass is 530 g/mol. The van der Waals surface area contributed by atoms with E-state index in [4.69, 9.17) is 10.5 Å². The first kappa shape index (κ1) is 27.6. The van der Waals surface area contributed by atoms with Gasteiger partial charge in [0, 0.05) is 60.0 Å². The lowest BCUT2D eigenvalue weighted by Crippen LogP contribution is -2.38. The van der Waals surface area contributed by atoms with Crippen LogP contribution in [0.1, 0.15) is 33.4 Å². The van der Waals surface area contributed by atoms with Crippen LogP contribution in [0, 0.1) is 11.9 Å². The molecule has 0 bridgehead atoms. The van der Waals surface area contributed by atoms with Crippen LogP contribution in [0.2, 0.25) is 0 Å². The van der Waals surface area contributed by atoms with Crippen molar-refractivity contribution in [1.29, 1.82) is 0 Å². The summed E-state index contributed by atoms with van der Waals surface area (Å²) in [4.78, 5) is 38.9. The number of rotatable bonds is 9. The Morgan fingerprint density at radius 1 is 1.15 bits per heavy atom.